The largest absolute Gasteiger partial charge is 0.507 e. The van der Waals surface area contributed by atoms with Gasteiger partial charge in [-0.1, -0.05) is 24.3 Å². The Bertz CT molecular complexity index is 2390. The van der Waals surface area contributed by atoms with Crippen LogP contribution in [0.25, 0.3) is 55.4 Å². The molecule has 0 radical (unpaired) electrons. The molecule has 2 saturated carbocycles. The van der Waals surface area contributed by atoms with Crippen LogP contribution in [-0.4, -0.2) is 68.8 Å². The number of phenolic OH excluding ortho intramolecular Hbond substituents is 1. The van der Waals surface area contributed by atoms with Crippen LogP contribution in [0.3, 0.4) is 0 Å². The number of imidazole rings is 1. The predicted molar refractivity (Wildman–Crippen MR) is 192 cm³/mol. The fraction of sp³-hybridized carbons (Fsp3) is 0.325. The summed E-state index contributed by atoms with van der Waals surface area (Å²) < 4.78 is 15.2. The van der Waals surface area contributed by atoms with Gasteiger partial charge in [-0.15, -0.1) is 0 Å². The first-order valence-electron chi connectivity index (χ1n) is 17.3. The number of nitrogens with two attached hydrogens (primary N) is 1. The second-order valence-electron chi connectivity index (χ2n) is 14.3. The van der Waals surface area contributed by atoms with Crippen molar-refractivity contribution in [2.24, 2.45) is 24.6 Å². The number of carbonyl (C=O) groups is 2. The van der Waals surface area contributed by atoms with E-state index in [1.165, 1.54) is 26.0 Å². The maximum Gasteiger partial charge on any atom is 0.338 e. The lowest BCUT2D eigenvalue weighted by atomic mass is 9.98. The highest BCUT2D eigenvalue weighted by molar-refractivity contribution is 6.02. The topological polar surface area (TPSA) is 125 Å². The van der Waals surface area contributed by atoms with Gasteiger partial charge in [0.2, 0.25) is 0 Å². The molecule has 254 valence electrons. The number of esters is 1. The first-order valence-corrected chi connectivity index (χ1v) is 17.3. The van der Waals surface area contributed by atoms with E-state index in [9.17, 15) is 14.7 Å². The van der Waals surface area contributed by atoms with Crippen LogP contribution in [0.2, 0.25) is 0 Å². The van der Waals surface area contributed by atoms with Crippen molar-refractivity contribution in [2.75, 3.05) is 20.8 Å². The quantitative estimate of drug-likeness (QED) is 0.186. The third-order valence-electron chi connectivity index (χ3n) is 11.3. The molecule has 2 unspecified atom stereocenters. The van der Waals surface area contributed by atoms with E-state index in [-0.39, 0.29) is 23.7 Å². The zero-order chi connectivity index (χ0) is 34.4. The lowest BCUT2D eigenvalue weighted by molar-refractivity contribution is 0.0600. The molecule has 3 heterocycles. The fourth-order valence-electron chi connectivity index (χ4n) is 8.39. The number of aromatic hydroxyl groups is 1. The lowest BCUT2D eigenvalue weighted by Gasteiger charge is -2.27. The number of amides is 1. The van der Waals surface area contributed by atoms with E-state index in [1.54, 1.807) is 13.2 Å². The molecular weight excluding hydrogens is 630 g/mol. The summed E-state index contributed by atoms with van der Waals surface area (Å²) in [5.41, 5.74) is 13.0. The van der Waals surface area contributed by atoms with E-state index in [0.29, 0.717) is 46.2 Å². The van der Waals surface area contributed by atoms with E-state index in [2.05, 4.69) is 33.4 Å². The Morgan fingerprint density at radius 1 is 0.920 bits per heavy atom. The molecule has 3 aliphatic rings. The fourth-order valence-corrected chi connectivity index (χ4v) is 8.39. The van der Waals surface area contributed by atoms with Crippen molar-refractivity contribution >= 4 is 44.6 Å². The Morgan fingerprint density at radius 2 is 1.70 bits per heavy atom. The Balaban J connectivity index is 1.13. The van der Waals surface area contributed by atoms with Crippen LogP contribution in [0.15, 0.2) is 66.7 Å². The number of aromatic nitrogens is 3. The minimum atomic E-state index is -0.490. The van der Waals surface area contributed by atoms with Crippen LogP contribution in [0.4, 0.5) is 0 Å². The van der Waals surface area contributed by atoms with Crippen LogP contribution in [0.5, 0.6) is 11.5 Å². The molecule has 6 aromatic rings. The summed E-state index contributed by atoms with van der Waals surface area (Å²) in [4.78, 5) is 33.0. The van der Waals surface area contributed by atoms with Crippen LogP contribution in [0.1, 0.15) is 46.4 Å². The van der Waals surface area contributed by atoms with Gasteiger partial charge in [0.15, 0.2) is 5.82 Å². The van der Waals surface area contributed by atoms with Gasteiger partial charge in [-0.25, -0.2) is 9.78 Å². The smallest absolute Gasteiger partial charge is 0.338 e. The summed E-state index contributed by atoms with van der Waals surface area (Å²) in [7, 11) is 4.97. The van der Waals surface area contributed by atoms with Gasteiger partial charge in [0.25, 0.3) is 5.91 Å². The third-order valence-corrected chi connectivity index (χ3v) is 11.3. The number of nitrogens with zero attached hydrogens (tertiary/aromatic N) is 4. The van der Waals surface area contributed by atoms with Gasteiger partial charge in [0, 0.05) is 54.1 Å². The van der Waals surface area contributed by atoms with Gasteiger partial charge in [-0.05, 0) is 96.5 Å². The first-order chi connectivity index (χ1) is 24.2. The average molecular weight is 670 g/mol. The van der Waals surface area contributed by atoms with E-state index >= 15 is 0 Å². The highest BCUT2D eigenvalue weighted by Gasteiger charge is 2.47. The molecule has 3 atom stereocenters. The van der Waals surface area contributed by atoms with E-state index < -0.39 is 5.97 Å². The molecule has 1 amide bonds. The van der Waals surface area contributed by atoms with Gasteiger partial charge >= 0.3 is 5.97 Å². The summed E-state index contributed by atoms with van der Waals surface area (Å²) in [5.74, 6) is 1.93. The number of ether oxygens (including phenoxy) is 2. The highest BCUT2D eigenvalue weighted by atomic mass is 16.5. The summed E-state index contributed by atoms with van der Waals surface area (Å²) in [6.07, 6.45) is 4.43. The SMILES string of the molecule is COC(=O)c1cc(O)c2cc(-c3ccc4cc(-c5nc6cc(C(=O)N7CC8CCC7[C@@H]8N)cc(OC)c6n5C)n(CC5CC5)c4c3)ccc2c1. The minimum Gasteiger partial charge on any atom is -0.507 e. The number of hydrogen-bond donors (Lipinski definition) is 2. The van der Waals surface area contributed by atoms with Gasteiger partial charge in [0.05, 0.1) is 31.0 Å². The summed E-state index contributed by atoms with van der Waals surface area (Å²) >= 11 is 0. The number of rotatable bonds is 7. The van der Waals surface area contributed by atoms with Crippen molar-refractivity contribution in [2.45, 2.75) is 44.3 Å². The number of likely N-dealkylation sites (tertiary alicyclic amines) is 1. The Kier molecular flexibility index (Phi) is 6.96. The molecule has 4 aromatic carbocycles. The van der Waals surface area contributed by atoms with Crippen LogP contribution in [0, 0.1) is 11.8 Å². The van der Waals surface area contributed by atoms with Crippen LogP contribution in [-0.2, 0) is 18.3 Å². The molecule has 10 heteroatoms. The average Bonchev–Trinajstić information content (AvgIpc) is 3.53. The van der Waals surface area contributed by atoms with Crippen molar-refractivity contribution < 1.29 is 24.2 Å². The maximum absolute atomic E-state index is 13.8. The molecule has 1 saturated heterocycles. The van der Waals surface area contributed by atoms with Crippen molar-refractivity contribution in [1.82, 2.24) is 19.0 Å². The molecule has 2 bridgehead atoms. The molecule has 0 spiro atoms. The zero-order valence-corrected chi connectivity index (χ0v) is 28.3. The van der Waals surface area contributed by atoms with Crippen molar-refractivity contribution in [3.63, 3.8) is 0 Å². The van der Waals surface area contributed by atoms with Crippen LogP contribution < -0.4 is 10.5 Å². The number of methoxy groups -OCH3 is 2. The van der Waals surface area contributed by atoms with Crippen molar-refractivity contribution in [3.05, 3.63) is 77.9 Å². The number of fused-ring (bicyclic) bond motifs is 5. The van der Waals surface area contributed by atoms with Crippen molar-refractivity contribution in [3.8, 4) is 34.1 Å². The maximum atomic E-state index is 13.8. The summed E-state index contributed by atoms with van der Waals surface area (Å²) in [6.45, 7) is 1.58. The monoisotopic (exact) mass is 669 g/mol. The lowest BCUT2D eigenvalue weighted by Crippen LogP contribution is -2.41. The normalized spacial score (nSPS) is 20.0. The Hall–Kier alpha value is -5.35. The zero-order valence-electron chi connectivity index (χ0n) is 28.3. The molecule has 9 rings (SSSR count). The molecule has 2 aliphatic carbocycles. The number of carbonyl (C=O) groups excluding carboxylic acids is 2. The summed E-state index contributed by atoms with van der Waals surface area (Å²) in [5, 5.41) is 13.3. The molecular formula is C40H39N5O5. The van der Waals surface area contributed by atoms with Gasteiger partial charge in [-0.2, -0.15) is 0 Å². The molecule has 10 nitrogen and oxygen atoms in total. The van der Waals surface area contributed by atoms with Gasteiger partial charge in [-0.3, -0.25) is 4.79 Å². The number of aryl methyl sites for hydroxylation is 1. The molecule has 1 aliphatic heterocycles. The van der Waals surface area contributed by atoms with E-state index in [0.717, 1.165) is 63.8 Å². The summed E-state index contributed by atoms with van der Waals surface area (Å²) in [6, 6.07) is 21.6. The highest BCUT2D eigenvalue weighted by Crippen LogP contribution is 2.41. The van der Waals surface area contributed by atoms with Gasteiger partial charge < -0.3 is 34.3 Å². The van der Waals surface area contributed by atoms with Crippen molar-refractivity contribution in [1.29, 1.82) is 0 Å². The molecule has 2 aromatic heterocycles. The number of benzene rings is 4. The first kappa shape index (κ1) is 30.7. The second kappa shape index (κ2) is 11.3. The number of piperidine rings is 1. The molecule has 3 fully saturated rings. The number of phenols is 1. The Morgan fingerprint density at radius 3 is 2.40 bits per heavy atom. The minimum absolute atomic E-state index is 0.0126. The van der Waals surface area contributed by atoms with Gasteiger partial charge in [0.1, 0.15) is 17.0 Å². The van der Waals surface area contributed by atoms with Crippen LogP contribution >= 0.6 is 0 Å². The molecule has 50 heavy (non-hydrogen) atoms. The van der Waals surface area contributed by atoms with E-state index in [4.69, 9.17) is 20.2 Å². The Labute approximate surface area is 289 Å². The predicted octanol–water partition coefficient (Wildman–Crippen LogP) is 6.49. The number of hydrogen-bond acceptors (Lipinski definition) is 7. The molecule has 3 N–H and O–H groups in total. The second-order valence-corrected chi connectivity index (χ2v) is 14.3. The standard InChI is InChI=1S/C40H39N5O5/c1-43-37-30(14-27(18-35(37)49-2)39(47)45-20-26-10-11-31(45)36(26)41)42-38(43)33-16-25-9-7-23(15-32(25)44(33)19-21-4-5-21)22-6-8-24-12-28(40(48)50-3)17-34(46)29(24)13-22/h6-9,12-18,21,26,31,36,46H,4-5,10-11,19-20,41H2,1-3H3/t26?,31?,36-/m1/s1. The third kappa shape index (κ3) is 4.76. The van der Waals surface area contributed by atoms with E-state index in [1.807, 2.05) is 42.3 Å².